The van der Waals surface area contributed by atoms with Gasteiger partial charge in [-0.1, -0.05) is 0 Å². The number of H-pyrrole nitrogens is 1. The van der Waals surface area contributed by atoms with Crippen LogP contribution in [0.25, 0.3) is 0 Å². The first kappa shape index (κ1) is 21.4. The molecule has 0 aromatic carbocycles. The number of aliphatic hydroxyl groups excluding tert-OH is 1. The van der Waals surface area contributed by atoms with E-state index in [1.54, 1.807) is 0 Å². The first-order chi connectivity index (χ1) is 10.4. The van der Waals surface area contributed by atoms with Crippen molar-refractivity contribution < 1.29 is 49.8 Å². The summed E-state index contributed by atoms with van der Waals surface area (Å²) < 4.78 is 22.1. The standard InChI is InChI=1S/C12H18N2O8P.W/c1-7-9(16)11(2,6-21-23(18,19)20)22-12(7,3)14-5-4-8(15)13-10(14)17;/h4-5,9,16H,6H2,1-3H3,(H,13,15,17)(H2,18,19,20);/q-1;+2. The fraction of sp³-hybridized carbons (Fsp3) is 0.583. The predicted octanol–water partition coefficient (Wildman–Crippen LogP) is -0.940. The van der Waals surface area contributed by atoms with Crippen molar-refractivity contribution in [1.29, 1.82) is 0 Å². The van der Waals surface area contributed by atoms with Crippen LogP contribution in [0, 0.1) is 5.92 Å². The Balaban J connectivity index is 0.00000288. The Morgan fingerprint density at radius 3 is 2.54 bits per heavy atom. The Hall–Kier alpha value is -0.602. The van der Waals surface area contributed by atoms with Gasteiger partial charge in [-0.3, -0.25) is 18.9 Å². The first-order valence-electron chi connectivity index (χ1n) is 6.64. The van der Waals surface area contributed by atoms with Gasteiger partial charge in [0.05, 0.1) is 12.2 Å². The number of hydrogen-bond acceptors (Lipinski definition) is 6. The smallest absolute Gasteiger partial charge is 0.422 e. The molecular weight excluding hydrogens is 515 g/mol. The molecule has 3 unspecified atom stereocenters. The minimum Gasteiger partial charge on any atom is -0.422 e. The van der Waals surface area contributed by atoms with Gasteiger partial charge >= 0.3 is 34.6 Å². The molecule has 2 rings (SSSR count). The van der Waals surface area contributed by atoms with E-state index in [0.29, 0.717) is 5.92 Å². The van der Waals surface area contributed by atoms with Crippen LogP contribution in [0.4, 0.5) is 0 Å². The molecule has 1 aromatic rings. The maximum atomic E-state index is 12.0. The Kier molecular flexibility index (Phi) is 6.21. The van der Waals surface area contributed by atoms with Gasteiger partial charge in [0.25, 0.3) is 5.56 Å². The van der Waals surface area contributed by atoms with E-state index in [0.717, 1.165) is 10.6 Å². The van der Waals surface area contributed by atoms with E-state index >= 15 is 0 Å². The van der Waals surface area contributed by atoms with E-state index in [1.807, 2.05) is 0 Å². The van der Waals surface area contributed by atoms with E-state index in [2.05, 4.69) is 9.51 Å². The van der Waals surface area contributed by atoms with Crippen molar-refractivity contribution in [1.82, 2.24) is 9.55 Å². The second-order valence-electron chi connectivity index (χ2n) is 5.73. The van der Waals surface area contributed by atoms with Crippen LogP contribution in [0.3, 0.4) is 0 Å². The molecule has 1 saturated heterocycles. The van der Waals surface area contributed by atoms with Crippen molar-refractivity contribution in [2.24, 2.45) is 0 Å². The van der Waals surface area contributed by atoms with Gasteiger partial charge in [-0.15, -0.1) is 0 Å². The molecular formula is C12H18N2O8PW+. The third-order valence-corrected chi connectivity index (χ3v) is 4.42. The average molecular weight is 533 g/mol. The van der Waals surface area contributed by atoms with E-state index in [4.69, 9.17) is 14.5 Å². The number of ether oxygens (including phenoxy) is 1. The van der Waals surface area contributed by atoms with Gasteiger partial charge in [0.15, 0.2) is 0 Å². The molecule has 1 aliphatic rings. The molecule has 1 aliphatic heterocycles. The number of rotatable bonds is 4. The van der Waals surface area contributed by atoms with Gasteiger partial charge in [0.1, 0.15) is 0 Å². The minimum atomic E-state index is -4.75. The average Bonchev–Trinajstić information content (AvgIpc) is 2.58. The third kappa shape index (κ3) is 3.96. The third-order valence-electron chi connectivity index (χ3n) is 3.96. The summed E-state index contributed by atoms with van der Waals surface area (Å²) >= 11 is 0. The molecule has 0 saturated carbocycles. The number of phosphoric acid groups is 1. The van der Waals surface area contributed by atoms with E-state index in [1.165, 1.54) is 27.0 Å². The molecule has 0 amide bonds. The SMILES string of the molecule is C[C-]1C(O)C(C)(COP(=O)(O)O)OC1(C)n1ccc(=O)[nH]c1=O.[W+2]. The van der Waals surface area contributed by atoms with Gasteiger partial charge in [-0.2, -0.15) is 6.92 Å². The number of aromatic amines is 1. The molecule has 12 heteroatoms. The molecule has 2 heterocycles. The first-order valence-corrected chi connectivity index (χ1v) is 8.17. The summed E-state index contributed by atoms with van der Waals surface area (Å²) in [5, 5.41) is 10.4. The number of nitrogens with one attached hydrogen (secondary N) is 1. The normalized spacial score (nSPS) is 31.0. The summed E-state index contributed by atoms with van der Waals surface area (Å²) in [6.45, 7) is 3.83. The van der Waals surface area contributed by atoms with Gasteiger partial charge in [0.2, 0.25) is 0 Å². The van der Waals surface area contributed by atoms with Crippen LogP contribution in [0.1, 0.15) is 20.8 Å². The molecule has 1 aromatic heterocycles. The number of aliphatic hydroxyl groups is 1. The Morgan fingerprint density at radius 2 is 2.04 bits per heavy atom. The molecule has 0 spiro atoms. The largest absolute Gasteiger partial charge is 2.00 e. The monoisotopic (exact) mass is 533 g/mol. The van der Waals surface area contributed by atoms with Crippen molar-refractivity contribution in [3.8, 4) is 0 Å². The van der Waals surface area contributed by atoms with Crippen LogP contribution < -0.4 is 11.2 Å². The van der Waals surface area contributed by atoms with Gasteiger partial charge in [-0.05, 0) is 20.0 Å². The fourth-order valence-electron chi connectivity index (χ4n) is 2.62. The molecule has 0 radical (unpaired) electrons. The topological polar surface area (TPSA) is 151 Å². The van der Waals surface area contributed by atoms with Crippen LogP contribution in [0.2, 0.25) is 0 Å². The molecule has 134 valence electrons. The van der Waals surface area contributed by atoms with E-state index in [-0.39, 0.29) is 21.1 Å². The second kappa shape index (κ2) is 6.96. The predicted molar refractivity (Wildman–Crippen MR) is 77.4 cm³/mol. The molecule has 1 fully saturated rings. The summed E-state index contributed by atoms with van der Waals surface area (Å²) in [7, 11) is -4.75. The Bertz CT molecular complexity index is 760. The summed E-state index contributed by atoms with van der Waals surface area (Å²) in [6, 6.07) is 1.12. The number of hydrogen-bond donors (Lipinski definition) is 4. The molecule has 24 heavy (non-hydrogen) atoms. The van der Waals surface area contributed by atoms with E-state index in [9.17, 15) is 19.3 Å². The summed E-state index contributed by atoms with van der Waals surface area (Å²) in [5.41, 5.74) is -4.24. The molecule has 10 nitrogen and oxygen atoms in total. The van der Waals surface area contributed by atoms with Crippen LogP contribution in [-0.2, 0) is 40.6 Å². The molecule has 3 atom stereocenters. The van der Waals surface area contributed by atoms with Crippen LogP contribution in [-0.4, -0.2) is 42.8 Å². The number of phosphoric ester groups is 1. The summed E-state index contributed by atoms with van der Waals surface area (Å²) in [4.78, 5) is 42.9. The zero-order chi connectivity index (χ0) is 17.6. The zero-order valence-corrected chi connectivity index (χ0v) is 17.0. The minimum absolute atomic E-state index is 0. The van der Waals surface area contributed by atoms with Crippen molar-refractivity contribution in [2.75, 3.05) is 6.61 Å². The van der Waals surface area contributed by atoms with Crippen molar-refractivity contribution in [3.05, 3.63) is 39.0 Å². The second-order valence-corrected chi connectivity index (χ2v) is 6.97. The van der Waals surface area contributed by atoms with E-state index < -0.39 is 43.1 Å². The molecule has 4 N–H and O–H groups in total. The number of aromatic nitrogens is 2. The van der Waals surface area contributed by atoms with Crippen LogP contribution in [0.5, 0.6) is 0 Å². The van der Waals surface area contributed by atoms with Gasteiger partial charge in [-0.25, -0.2) is 15.3 Å². The van der Waals surface area contributed by atoms with Crippen molar-refractivity contribution in [2.45, 2.75) is 38.2 Å². The maximum Gasteiger partial charge on any atom is 2.00 e. The van der Waals surface area contributed by atoms with Crippen LogP contribution >= 0.6 is 7.82 Å². The maximum absolute atomic E-state index is 12.0. The molecule has 0 aliphatic carbocycles. The van der Waals surface area contributed by atoms with Gasteiger partial charge < -0.3 is 19.6 Å². The Labute approximate surface area is 151 Å². The molecule has 0 bridgehead atoms. The number of nitrogens with zero attached hydrogens (tertiary/aromatic N) is 1. The quantitative estimate of drug-likeness (QED) is 0.286. The fourth-order valence-corrected chi connectivity index (χ4v) is 3.04. The summed E-state index contributed by atoms with van der Waals surface area (Å²) in [6.07, 6.45) is -0.0367. The van der Waals surface area contributed by atoms with Crippen molar-refractivity contribution in [3.63, 3.8) is 0 Å². The zero-order valence-electron chi connectivity index (χ0n) is 13.1. The summed E-state index contributed by atoms with van der Waals surface area (Å²) in [5.74, 6) is 0.323. The van der Waals surface area contributed by atoms with Crippen molar-refractivity contribution >= 4 is 7.82 Å². The van der Waals surface area contributed by atoms with Gasteiger partial charge in [0, 0.05) is 18.0 Å². The Morgan fingerprint density at radius 1 is 1.46 bits per heavy atom. The van der Waals surface area contributed by atoms with Crippen LogP contribution in [0.15, 0.2) is 21.9 Å².